The Morgan fingerprint density at radius 1 is 0.625 bits per heavy atom. The Bertz CT molecular complexity index is 285. The van der Waals surface area contributed by atoms with Gasteiger partial charge in [-0.05, 0) is 39.5 Å². The van der Waals surface area contributed by atoms with Gasteiger partial charge in [0, 0.05) is 4.57 Å². The van der Waals surface area contributed by atoms with Crippen LogP contribution < -0.4 is 0 Å². The van der Waals surface area contributed by atoms with Gasteiger partial charge in [0.1, 0.15) is 11.2 Å². The molecule has 0 saturated heterocycles. The number of hydrogen-bond acceptors (Lipinski definition) is 3. The van der Waals surface area contributed by atoms with Crippen LogP contribution in [0.3, 0.4) is 0 Å². The topological polar surface area (TPSA) is 35.5 Å². The highest BCUT2D eigenvalue weighted by Crippen LogP contribution is 2.43. The maximum Gasteiger partial charge on any atom is 0.698 e. The van der Waals surface area contributed by atoms with Crippen LogP contribution in [0, 0.1) is 0 Å². The van der Waals surface area contributed by atoms with Gasteiger partial charge < -0.3 is 0 Å². The smallest absolute Gasteiger partial charge is 0.113 e. The first kappa shape index (κ1) is 24.0. The summed E-state index contributed by atoms with van der Waals surface area (Å²) in [6, 6.07) is 0. The number of hydrogen-bond donors (Lipinski definition) is 0. The van der Waals surface area contributed by atoms with Gasteiger partial charge in [-0.3, -0.25) is 0 Å². The molecule has 144 valence electrons. The van der Waals surface area contributed by atoms with Crippen molar-refractivity contribution in [2.24, 2.45) is 0 Å². The molecule has 0 fully saturated rings. The van der Waals surface area contributed by atoms with Crippen LogP contribution >= 0.6 is 8.25 Å². The van der Waals surface area contributed by atoms with Crippen molar-refractivity contribution < 1.29 is 13.6 Å². The van der Waals surface area contributed by atoms with E-state index in [1.165, 1.54) is 0 Å². The van der Waals surface area contributed by atoms with Crippen LogP contribution in [0.2, 0.25) is 0 Å². The molecule has 0 aromatic heterocycles. The maximum absolute atomic E-state index is 12.6. The zero-order chi connectivity index (χ0) is 18.5. The summed E-state index contributed by atoms with van der Waals surface area (Å²) in [7, 11) is -2.07. The molecule has 0 atom stereocenters. The van der Waals surface area contributed by atoms with Crippen molar-refractivity contribution in [1.29, 1.82) is 0 Å². The Labute approximate surface area is 152 Å². The first-order valence-corrected chi connectivity index (χ1v) is 11.3. The van der Waals surface area contributed by atoms with Crippen LogP contribution in [0.4, 0.5) is 0 Å². The molecule has 0 aliphatic carbocycles. The molecule has 3 nitrogen and oxygen atoms in total. The largest absolute Gasteiger partial charge is 0.698 e. The van der Waals surface area contributed by atoms with E-state index in [1.807, 2.05) is 0 Å². The number of rotatable bonds is 16. The third-order valence-electron chi connectivity index (χ3n) is 4.83. The predicted molar refractivity (Wildman–Crippen MR) is 105 cm³/mol. The van der Waals surface area contributed by atoms with Crippen LogP contribution in [0.15, 0.2) is 0 Å². The van der Waals surface area contributed by atoms with Crippen LogP contribution in [-0.2, 0) is 13.6 Å². The third-order valence-corrected chi connectivity index (χ3v) is 6.01. The quantitative estimate of drug-likeness (QED) is 0.262. The van der Waals surface area contributed by atoms with Crippen LogP contribution in [0.25, 0.3) is 0 Å². The van der Waals surface area contributed by atoms with Crippen molar-refractivity contribution in [2.45, 2.75) is 130 Å². The molecule has 0 bridgehead atoms. The SMILES string of the molecule is CCCCC(C)(CCCC)O[P+](=O)OC(C)(CCCC)CCCC. The lowest BCUT2D eigenvalue weighted by atomic mass is 9.93. The molecule has 24 heavy (non-hydrogen) atoms. The van der Waals surface area contributed by atoms with Gasteiger partial charge in [0.05, 0.1) is 0 Å². The van der Waals surface area contributed by atoms with E-state index in [4.69, 9.17) is 9.05 Å². The Kier molecular flexibility index (Phi) is 13.3. The van der Waals surface area contributed by atoms with Gasteiger partial charge in [0.15, 0.2) is 0 Å². The van der Waals surface area contributed by atoms with Gasteiger partial charge in [0.2, 0.25) is 0 Å². The van der Waals surface area contributed by atoms with E-state index in [0.717, 1.165) is 77.0 Å². The monoisotopic (exact) mass is 361 g/mol. The standard InChI is InChI=1S/C20H42O3P/c1-7-11-15-19(5,16-12-8-2)22-24(21)23-20(6,17-13-9-3)18-14-10-4/h7-18H2,1-6H3/q+1. The van der Waals surface area contributed by atoms with Crippen LogP contribution in [0.1, 0.15) is 119 Å². The van der Waals surface area contributed by atoms with Gasteiger partial charge in [-0.1, -0.05) is 79.1 Å². The molecule has 0 aliphatic heterocycles. The molecular weight excluding hydrogens is 319 g/mol. The summed E-state index contributed by atoms with van der Waals surface area (Å²) in [5.74, 6) is 0. The van der Waals surface area contributed by atoms with Gasteiger partial charge in [-0.25, -0.2) is 0 Å². The molecule has 0 N–H and O–H groups in total. The summed E-state index contributed by atoms with van der Waals surface area (Å²) in [5.41, 5.74) is -0.647. The summed E-state index contributed by atoms with van der Waals surface area (Å²) >= 11 is 0. The van der Waals surface area contributed by atoms with Gasteiger partial charge in [-0.15, -0.1) is 9.05 Å². The molecule has 0 amide bonds. The first-order valence-electron chi connectivity index (χ1n) is 10.2. The van der Waals surface area contributed by atoms with E-state index in [2.05, 4.69) is 41.5 Å². The average molecular weight is 362 g/mol. The molecule has 0 radical (unpaired) electrons. The highest BCUT2D eigenvalue weighted by molar-refractivity contribution is 7.33. The minimum absolute atomic E-state index is 0.324. The molecule has 0 aromatic carbocycles. The molecule has 0 aromatic rings. The maximum atomic E-state index is 12.6. The normalized spacial score (nSPS) is 12.6. The fourth-order valence-corrected chi connectivity index (χ4v) is 4.14. The Morgan fingerprint density at radius 3 is 1.08 bits per heavy atom. The van der Waals surface area contributed by atoms with E-state index in [1.54, 1.807) is 0 Å². The van der Waals surface area contributed by atoms with E-state index in [-0.39, 0.29) is 11.2 Å². The third kappa shape index (κ3) is 10.8. The summed E-state index contributed by atoms with van der Waals surface area (Å²) < 4.78 is 24.6. The zero-order valence-corrected chi connectivity index (χ0v) is 18.1. The summed E-state index contributed by atoms with van der Waals surface area (Å²) in [6.07, 6.45) is 12.8. The molecule has 0 saturated carbocycles. The highest BCUT2D eigenvalue weighted by atomic mass is 31.1. The van der Waals surface area contributed by atoms with Gasteiger partial charge >= 0.3 is 8.25 Å². The Balaban J connectivity index is 4.78. The van der Waals surface area contributed by atoms with Crippen LogP contribution in [-0.4, -0.2) is 11.2 Å². The van der Waals surface area contributed by atoms with Crippen molar-refractivity contribution in [2.75, 3.05) is 0 Å². The lowest BCUT2D eigenvalue weighted by Crippen LogP contribution is -2.30. The molecule has 0 aliphatic rings. The summed E-state index contributed by atoms with van der Waals surface area (Å²) in [5, 5.41) is 0. The summed E-state index contributed by atoms with van der Waals surface area (Å²) in [6.45, 7) is 12.9. The molecule has 0 rings (SSSR count). The zero-order valence-electron chi connectivity index (χ0n) is 17.2. The van der Waals surface area contributed by atoms with Gasteiger partial charge in [0.25, 0.3) is 0 Å². The van der Waals surface area contributed by atoms with Crippen molar-refractivity contribution in [3.63, 3.8) is 0 Å². The second kappa shape index (κ2) is 13.3. The van der Waals surface area contributed by atoms with Crippen molar-refractivity contribution >= 4 is 8.25 Å². The lowest BCUT2D eigenvalue weighted by molar-refractivity contribution is 0.00840. The average Bonchev–Trinajstić information content (AvgIpc) is 2.54. The van der Waals surface area contributed by atoms with E-state index < -0.39 is 8.25 Å². The minimum Gasteiger partial charge on any atom is -0.113 e. The van der Waals surface area contributed by atoms with E-state index >= 15 is 0 Å². The van der Waals surface area contributed by atoms with Crippen LogP contribution in [0.5, 0.6) is 0 Å². The Morgan fingerprint density at radius 2 is 0.875 bits per heavy atom. The second-order valence-electron chi connectivity index (χ2n) is 7.72. The molecule has 0 spiro atoms. The molecule has 4 heteroatoms. The number of unbranched alkanes of at least 4 members (excludes halogenated alkanes) is 4. The predicted octanol–water partition coefficient (Wildman–Crippen LogP) is 7.96. The van der Waals surface area contributed by atoms with E-state index in [0.29, 0.717) is 0 Å². The fraction of sp³-hybridized carbons (Fsp3) is 1.00. The Hall–Kier alpha value is 0.0200. The van der Waals surface area contributed by atoms with Crippen molar-refractivity contribution in [3.05, 3.63) is 0 Å². The molecule has 0 unspecified atom stereocenters. The lowest BCUT2D eigenvalue weighted by Gasteiger charge is -2.26. The van der Waals surface area contributed by atoms with Crippen molar-refractivity contribution in [1.82, 2.24) is 0 Å². The van der Waals surface area contributed by atoms with Gasteiger partial charge in [-0.2, -0.15) is 0 Å². The first-order chi connectivity index (χ1) is 11.3. The van der Waals surface area contributed by atoms with E-state index in [9.17, 15) is 4.57 Å². The second-order valence-corrected chi connectivity index (χ2v) is 8.53. The summed E-state index contributed by atoms with van der Waals surface area (Å²) in [4.78, 5) is 0. The fourth-order valence-electron chi connectivity index (χ4n) is 3.01. The molecule has 0 heterocycles. The minimum atomic E-state index is -2.07. The van der Waals surface area contributed by atoms with Crippen molar-refractivity contribution in [3.8, 4) is 0 Å². The molecular formula is C20H42O3P+. The highest BCUT2D eigenvalue weighted by Gasteiger charge is 2.42.